The first kappa shape index (κ1) is 16.1. The molecular weight excluding hydrogens is 288 g/mol. The first-order valence-electron chi connectivity index (χ1n) is 5.66. The molecule has 108 valence electrons. The van der Waals surface area contributed by atoms with E-state index in [4.69, 9.17) is 0 Å². The maximum Gasteiger partial charge on any atom is 0.306 e. The number of ether oxygens (including phenoxy) is 1. The lowest BCUT2D eigenvalue weighted by Crippen LogP contribution is -2.39. The molecule has 0 saturated heterocycles. The van der Waals surface area contributed by atoms with Crippen molar-refractivity contribution in [3.8, 4) is 0 Å². The number of aryl methyl sites for hydroxylation is 1. The maximum absolute atomic E-state index is 11.9. The normalized spacial score (nSPS) is 11.8. The zero-order valence-corrected chi connectivity index (χ0v) is 12.8. The third-order valence-electron chi connectivity index (χ3n) is 2.68. The fourth-order valence-corrected chi connectivity index (χ4v) is 3.07. The van der Waals surface area contributed by atoms with Crippen LogP contribution in [0.15, 0.2) is 10.8 Å². The van der Waals surface area contributed by atoms with E-state index in [0.29, 0.717) is 0 Å². The molecule has 0 aliphatic rings. The molecule has 8 heteroatoms. The Hall–Kier alpha value is -0.960. The number of carbonyl (C=O) groups excluding carboxylic acids is 1. The van der Waals surface area contributed by atoms with Crippen molar-refractivity contribution in [3.63, 3.8) is 0 Å². The largest absolute Gasteiger partial charge is 0.469 e. The molecule has 1 N–H and O–H groups in total. The van der Waals surface area contributed by atoms with Gasteiger partial charge in [-0.2, -0.15) is 28.8 Å². The Kier molecular flexibility index (Phi) is 5.92. The monoisotopic (exact) mass is 306 g/mol. The highest BCUT2D eigenvalue weighted by Crippen LogP contribution is 2.13. The first-order valence-corrected chi connectivity index (χ1v) is 8.04. The highest BCUT2D eigenvalue weighted by atomic mass is 32.2. The minimum atomic E-state index is -3.58. The molecule has 0 atom stereocenters. The average molecular weight is 306 g/mol. The smallest absolute Gasteiger partial charge is 0.306 e. The summed E-state index contributed by atoms with van der Waals surface area (Å²) < 4.78 is 31.9. The third kappa shape index (κ3) is 4.90. The molecule has 0 unspecified atom stereocenters. The fourth-order valence-electron chi connectivity index (χ4n) is 1.32. The van der Waals surface area contributed by atoms with Crippen molar-refractivity contribution >= 4 is 27.5 Å². The summed E-state index contributed by atoms with van der Waals surface area (Å²) in [6.45, 7) is 2.27. The van der Waals surface area contributed by atoms with Crippen LogP contribution in [0.4, 0.5) is 0 Å². The predicted octanol–water partition coefficient (Wildman–Crippen LogP) is 0.886. The number of carbonyl (C=O) groups is 1. The molecule has 0 amide bonds. The molecule has 19 heavy (non-hydrogen) atoms. The molecule has 1 aromatic rings. The van der Waals surface area contributed by atoms with Gasteiger partial charge in [0.1, 0.15) is 0 Å². The van der Waals surface area contributed by atoms with Gasteiger partial charge < -0.3 is 4.74 Å². The summed E-state index contributed by atoms with van der Waals surface area (Å²) >= 11 is 1.53. The lowest BCUT2D eigenvalue weighted by molar-refractivity contribution is -0.140. The Labute approximate surface area is 117 Å². The van der Waals surface area contributed by atoms with Crippen LogP contribution in [0.1, 0.15) is 17.5 Å². The highest BCUT2D eigenvalue weighted by Gasteiger charge is 2.18. The molecule has 0 aliphatic carbocycles. The van der Waals surface area contributed by atoms with E-state index in [1.165, 1.54) is 25.5 Å². The van der Waals surface area contributed by atoms with E-state index in [1.54, 1.807) is 0 Å². The van der Waals surface area contributed by atoms with E-state index < -0.39 is 16.2 Å². The topological polar surface area (TPSA) is 75.7 Å². The summed E-state index contributed by atoms with van der Waals surface area (Å²) in [5.74, 6) is -0.435. The number of rotatable bonds is 7. The van der Waals surface area contributed by atoms with E-state index in [9.17, 15) is 13.2 Å². The highest BCUT2D eigenvalue weighted by molar-refractivity contribution is 7.87. The van der Waals surface area contributed by atoms with Gasteiger partial charge in [-0.25, -0.2) is 0 Å². The van der Waals surface area contributed by atoms with Gasteiger partial charge in [0.2, 0.25) is 0 Å². The maximum atomic E-state index is 11.9. The Morgan fingerprint density at radius 2 is 2.16 bits per heavy atom. The van der Waals surface area contributed by atoms with Gasteiger partial charge in [-0.1, -0.05) is 0 Å². The van der Waals surface area contributed by atoms with Crippen molar-refractivity contribution in [1.82, 2.24) is 9.03 Å². The second-order valence-electron chi connectivity index (χ2n) is 4.05. The molecular formula is C11H18N2O4S2. The summed E-state index contributed by atoms with van der Waals surface area (Å²) in [6.07, 6.45) is 0.0331. The number of nitrogens with one attached hydrogen (secondary N) is 1. The standard InChI is InChI=1S/C11H18N2O4S2/c1-9-7-18-8-10(9)6-12-19(15,16)13(2)5-4-11(14)17-3/h7-8,12H,4-6H2,1-3H3. The number of esters is 1. The Morgan fingerprint density at radius 1 is 1.47 bits per heavy atom. The molecule has 1 rings (SSSR count). The molecule has 1 aromatic heterocycles. The summed E-state index contributed by atoms with van der Waals surface area (Å²) in [7, 11) is -0.882. The molecule has 1 heterocycles. The van der Waals surface area contributed by atoms with Crippen LogP contribution < -0.4 is 4.72 Å². The molecule has 0 radical (unpaired) electrons. The molecule has 0 aromatic carbocycles. The Balaban J connectivity index is 2.51. The lowest BCUT2D eigenvalue weighted by atomic mass is 10.2. The van der Waals surface area contributed by atoms with Crippen LogP contribution in [0, 0.1) is 6.92 Å². The van der Waals surface area contributed by atoms with E-state index in [2.05, 4.69) is 9.46 Å². The minimum Gasteiger partial charge on any atom is -0.469 e. The van der Waals surface area contributed by atoms with Gasteiger partial charge in [-0.3, -0.25) is 4.79 Å². The molecule has 0 fully saturated rings. The second kappa shape index (κ2) is 6.99. The number of thiophene rings is 1. The predicted molar refractivity (Wildman–Crippen MR) is 74.1 cm³/mol. The van der Waals surface area contributed by atoms with E-state index in [-0.39, 0.29) is 19.5 Å². The van der Waals surface area contributed by atoms with Crippen LogP contribution in [-0.4, -0.2) is 39.4 Å². The van der Waals surface area contributed by atoms with E-state index in [0.717, 1.165) is 15.4 Å². The quantitative estimate of drug-likeness (QED) is 0.759. The zero-order valence-electron chi connectivity index (χ0n) is 11.2. The number of nitrogens with zero attached hydrogens (tertiary/aromatic N) is 1. The molecule has 0 saturated carbocycles. The summed E-state index contributed by atoms with van der Waals surface area (Å²) in [5.41, 5.74) is 2.01. The van der Waals surface area contributed by atoms with E-state index in [1.807, 2.05) is 17.7 Å². The van der Waals surface area contributed by atoms with E-state index >= 15 is 0 Å². The molecule has 0 aliphatic heterocycles. The summed E-state index contributed by atoms with van der Waals surface area (Å²) in [4.78, 5) is 11.0. The summed E-state index contributed by atoms with van der Waals surface area (Å²) in [6, 6.07) is 0. The van der Waals surface area contributed by atoms with Crippen molar-refractivity contribution < 1.29 is 17.9 Å². The van der Waals surface area contributed by atoms with Crippen molar-refractivity contribution in [1.29, 1.82) is 0 Å². The van der Waals surface area contributed by atoms with Gasteiger partial charge in [0.05, 0.1) is 13.5 Å². The van der Waals surface area contributed by atoms with Crippen LogP contribution in [0.25, 0.3) is 0 Å². The van der Waals surface area contributed by atoms with Gasteiger partial charge in [-0.05, 0) is 28.8 Å². The fraction of sp³-hybridized carbons (Fsp3) is 0.545. The first-order chi connectivity index (χ1) is 8.86. The van der Waals surface area contributed by atoms with Gasteiger partial charge in [-0.15, -0.1) is 0 Å². The third-order valence-corrected chi connectivity index (χ3v) is 5.10. The molecule has 6 nitrogen and oxygen atoms in total. The number of methoxy groups -OCH3 is 1. The SMILES string of the molecule is COC(=O)CCN(C)S(=O)(=O)NCc1cscc1C. The van der Waals surface area contributed by atoms with Crippen LogP contribution >= 0.6 is 11.3 Å². The lowest BCUT2D eigenvalue weighted by Gasteiger charge is -2.17. The second-order valence-corrected chi connectivity index (χ2v) is 6.66. The van der Waals surface area contributed by atoms with Crippen molar-refractivity contribution in [2.24, 2.45) is 0 Å². The summed E-state index contributed by atoms with van der Waals surface area (Å²) in [5, 5.41) is 3.87. The Bertz CT molecular complexity index is 525. The van der Waals surface area contributed by atoms with Gasteiger partial charge in [0.15, 0.2) is 0 Å². The number of hydrogen-bond donors (Lipinski definition) is 1. The van der Waals surface area contributed by atoms with Crippen molar-refractivity contribution in [2.45, 2.75) is 19.9 Å². The van der Waals surface area contributed by atoms with Crippen molar-refractivity contribution in [3.05, 3.63) is 21.9 Å². The average Bonchev–Trinajstić information content (AvgIpc) is 2.78. The Morgan fingerprint density at radius 3 is 2.68 bits per heavy atom. The van der Waals surface area contributed by atoms with Gasteiger partial charge in [0, 0.05) is 20.1 Å². The number of hydrogen-bond acceptors (Lipinski definition) is 5. The van der Waals surface area contributed by atoms with Crippen molar-refractivity contribution in [2.75, 3.05) is 20.7 Å². The zero-order chi connectivity index (χ0) is 14.5. The van der Waals surface area contributed by atoms with Crippen LogP contribution in [0.3, 0.4) is 0 Å². The van der Waals surface area contributed by atoms with Crippen LogP contribution in [-0.2, 0) is 26.3 Å². The molecule has 0 spiro atoms. The van der Waals surface area contributed by atoms with Crippen LogP contribution in [0.2, 0.25) is 0 Å². The molecule has 0 bridgehead atoms. The van der Waals surface area contributed by atoms with Gasteiger partial charge in [0.25, 0.3) is 10.2 Å². The van der Waals surface area contributed by atoms with Gasteiger partial charge >= 0.3 is 5.97 Å². The van der Waals surface area contributed by atoms with Crippen LogP contribution in [0.5, 0.6) is 0 Å². The minimum absolute atomic E-state index is 0.0331.